The van der Waals surface area contributed by atoms with Crippen molar-refractivity contribution in [2.75, 3.05) is 33.8 Å². The average molecular weight is 409 g/mol. The first-order chi connectivity index (χ1) is 13.3. The van der Waals surface area contributed by atoms with Gasteiger partial charge in [0.05, 0.1) is 44.4 Å². The van der Waals surface area contributed by atoms with Crippen LogP contribution in [-0.2, 0) is 9.53 Å². The summed E-state index contributed by atoms with van der Waals surface area (Å²) in [6.45, 7) is 3.83. The van der Waals surface area contributed by atoms with Crippen LogP contribution in [0, 0.1) is 5.92 Å². The lowest BCUT2D eigenvalue weighted by atomic mass is 9.83. The van der Waals surface area contributed by atoms with Crippen LogP contribution in [-0.4, -0.2) is 62.3 Å². The summed E-state index contributed by atoms with van der Waals surface area (Å²) in [5.41, 5.74) is -0.291. The first kappa shape index (κ1) is 21.1. The third-order valence-corrected chi connectivity index (χ3v) is 6.20. The van der Waals surface area contributed by atoms with Crippen molar-refractivity contribution in [2.45, 2.75) is 44.4 Å². The number of hydrogen-bond acceptors (Lipinski definition) is 3. The molecule has 154 valence electrons. The zero-order valence-corrected chi connectivity index (χ0v) is 17.7. The second-order valence-electron chi connectivity index (χ2n) is 8.36. The summed E-state index contributed by atoms with van der Waals surface area (Å²) in [5, 5.41) is 3.37. The van der Waals surface area contributed by atoms with Gasteiger partial charge in [0.1, 0.15) is 11.8 Å². The van der Waals surface area contributed by atoms with Gasteiger partial charge in [-0.2, -0.15) is 0 Å². The molecule has 1 heterocycles. The van der Waals surface area contributed by atoms with E-state index in [4.69, 9.17) is 16.3 Å². The number of nitrogens with one attached hydrogen (secondary N) is 2. The molecule has 1 spiro atoms. The van der Waals surface area contributed by atoms with E-state index in [0.29, 0.717) is 23.0 Å². The fourth-order valence-electron chi connectivity index (χ4n) is 4.10. The number of rotatable bonds is 5. The molecular weight excluding hydrogens is 378 g/mol. The molecule has 0 unspecified atom stereocenters. The molecular formula is C21H31ClN3O3+. The molecule has 1 atom stereocenters. The Morgan fingerprint density at radius 1 is 1.29 bits per heavy atom. The fourth-order valence-corrected chi connectivity index (χ4v) is 4.31. The molecule has 3 rings (SSSR count). The van der Waals surface area contributed by atoms with Crippen molar-refractivity contribution in [1.82, 2.24) is 10.2 Å². The second-order valence-corrected chi connectivity index (χ2v) is 8.77. The number of likely N-dealkylation sites (N-methyl/N-ethyl adjacent to an activating group) is 1. The molecule has 2 N–H and O–H groups in total. The van der Waals surface area contributed by atoms with E-state index in [1.165, 1.54) is 4.90 Å². The summed E-state index contributed by atoms with van der Waals surface area (Å²) in [6, 6.07) is 6.38. The molecule has 1 aromatic carbocycles. The summed E-state index contributed by atoms with van der Waals surface area (Å²) in [5.74, 6) is 0.218. The van der Waals surface area contributed by atoms with Gasteiger partial charge in [-0.1, -0.05) is 30.7 Å². The molecule has 1 saturated heterocycles. The quantitative estimate of drug-likeness (QED) is 0.773. The maximum atomic E-state index is 13.5. The number of halogens is 1. The number of nitrogens with zero attached hydrogens (tertiary/aromatic N) is 1. The molecule has 1 aromatic rings. The number of hydrogen-bond donors (Lipinski definition) is 2. The lowest BCUT2D eigenvalue weighted by molar-refractivity contribution is -0.856. The van der Waals surface area contributed by atoms with Crippen LogP contribution in [0.25, 0.3) is 0 Å². The maximum Gasteiger partial charge on any atom is 0.258 e. The summed E-state index contributed by atoms with van der Waals surface area (Å²) >= 11 is 6.30. The zero-order chi connectivity index (χ0) is 20.3. The Balaban J connectivity index is 1.86. The molecule has 0 bridgehead atoms. The zero-order valence-electron chi connectivity index (χ0n) is 17.0. The first-order valence-corrected chi connectivity index (χ1v) is 10.5. The minimum absolute atomic E-state index is 0.155. The van der Waals surface area contributed by atoms with Crippen molar-refractivity contribution < 1.29 is 19.2 Å². The predicted octanol–water partition coefficient (Wildman–Crippen LogP) is 1.35. The number of carbonyl (C=O) groups excluding carboxylic acids is 2. The third-order valence-electron chi connectivity index (χ3n) is 5.87. The summed E-state index contributed by atoms with van der Waals surface area (Å²) < 4.78 is 6.18. The highest BCUT2D eigenvalue weighted by atomic mass is 35.5. The first-order valence-electron chi connectivity index (χ1n) is 10.1. The largest absolute Gasteiger partial charge is 0.353 e. The Labute approximate surface area is 172 Å². The van der Waals surface area contributed by atoms with Crippen molar-refractivity contribution in [3.05, 3.63) is 34.9 Å². The predicted molar refractivity (Wildman–Crippen MR) is 108 cm³/mol. The topological polar surface area (TPSA) is 63.1 Å². The summed E-state index contributed by atoms with van der Waals surface area (Å²) in [6.07, 6.45) is 3.45. The lowest BCUT2D eigenvalue weighted by Gasteiger charge is -2.43. The van der Waals surface area contributed by atoms with E-state index in [9.17, 15) is 9.59 Å². The van der Waals surface area contributed by atoms with E-state index in [1.807, 2.05) is 14.1 Å². The van der Waals surface area contributed by atoms with Gasteiger partial charge in [-0.25, -0.2) is 0 Å². The van der Waals surface area contributed by atoms with E-state index in [2.05, 4.69) is 12.2 Å². The third kappa shape index (κ3) is 4.34. The van der Waals surface area contributed by atoms with Gasteiger partial charge >= 0.3 is 0 Å². The molecule has 0 aromatic heterocycles. The van der Waals surface area contributed by atoms with Gasteiger partial charge in [0.15, 0.2) is 0 Å². The highest BCUT2D eigenvalue weighted by molar-refractivity contribution is 6.33. The van der Waals surface area contributed by atoms with Crippen LogP contribution >= 0.6 is 11.6 Å². The average Bonchev–Trinajstić information content (AvgIpc) is 3.03. The van der Waals surface area contributed by atoms with Gasteiger partial charge in [-0.05, 0) is 43.7 Å². The molecule has 2 amide bonds. The van der Waals surface area contributed by atoms with Crippen molar-refractivity contribution in [3.63, 3.8) is 0 Å². The number of carbonyl (C=O) groups is 2. The molecule has 1 aliphatic carbocycles. The standard InChI is InChI=1S/C21H30ClN3O3/c1-15-8-10-21(11-9-15)25(20(27)16-6-4-5-7-17(16)22)18(14-28-21)19(26)23-12-13-24(2)3/h4-7,15,18H,8-14H2,1-3H3,(H,23,26)/p+1/t15?,18-,21?/m1/s1. The molecule has 0 radical (unpaired) electrons. The van der Waals surface area contributed by atoms with Gasteiger partial charge in [-0.15, -0.1) is 0 Å². The Bertz CT molecular complexity index is 717. The van der Waals surface area contributed by atoms with E-state index >= 15 is 0 Å². The number of benzene rings is 1. The Morgan fingerprint density at radius 3 is 2.61 bits per heavy atom. The van der Waals surface area contributed by atoms with Gasteiger partial charge < -0.3 is 15.0 Å². The molecule has 6 nitrogen and oxygen atoms in total. The van der Waals surface area contributed by atoms with Crippen LogP contribution in [0.15, 0.2) is 24.3 Å². The molecule has 2 aliphatic rings. The van der Waals surface area contributed by atoms with Gasteiger partial charge in [0.25, 0.3) is 5.91 Å². The van der Waals surface area contributed by atoms with Gasteiger partial charge in [0, 0.05) is 0 Å². The number of amides is 2. The van der Waals surface area contributed by atoms with E-state index in [-0.39, 0.29) is 18.4 Å². The Hall–Kier alpha value is -1.63. The van der Waals surface area contributed by atoms with Gasteiger partial charge in [-0.3, -0.25) is 14.5 Å². The fraction of sp³-hybridized carbons (Fsp3) is 0.619. The van der Waals surface area contributed by atoms with Crippen LogP contribution in [0.1, 0.15) is 43.0 Å². The molecule has 1 saturated carbocycles. The van der Waals surface area contributed by atoms with Crippen molar-refractivity contribution in [3.8, 4) is 0 Å². The molecule has 2 fully saturated rings. The Kier molecular flexibility index (Phi) is 6.63. The van der Waals surface area contributed by atoms with E-state index in [0.717, 1.165) is 32.2 Å². The molecule has 1 aliphatic heterocycles. The highest BCUT2D eigenvalue weighted by Gasteiger charge is 2.53. The van der Waals surface area contributed by atoms with Gasteiger partial charge in [0.2, 0.25) is 5.91 Å². The minimum Gasteiger partial charge on any atom is -0.353 e. The Morgan fingerprint density at radius 2 is 1.96 bits per heavy atom. The molecule has 28 heavy (non-hydrogen) atoms. The van der Waals surface area contributed by atoms with Crippen LogP contribution in [0.5, 0.6) is 0 Å². The minimum atomic E-state index is -0.711. The SMILES string of the molecule is CC1CCC2(CC1)OC[C@H](C(=O)NCC[NH+](C)C)N2C(=O)c1ccccc1Cl. The number of quaternary nitrogens is 1. The van der Waals surface area contributed by atoms with Crippen molar-refractivity contribution in [1.29, 1.82) is 0 Å². The van der Waals surface area contributed by atoms with Crippen LogP contribution in [0.3, 0.4) is 0 Å². The second kappa shape index (κ2) is 8.80. The molecule has 7 heteroatoms. The normalized spacial score (nSPS) is 27.4. The number of ether oxygens (including phenoxy) is 1. The smallest absolute Gasteiger partial charge is 0.258 e. The van der Waals surface area contributed by atoms with E-state index < -0.39 is 11.8 Å². The van der Waals surface area contributed by atoms with Crippen LogP contribution in [0.2, 0.25) is 5.02 Å². The summed E-state index contributed by atoms with van der Waals surface area (Å²) in [4.78, 5) is 29.4. The van der Waals surface area contributed by atoms with E-state index in [1.54, 1.807) is 29.2 Å². The summed E-state index contributed by atoms with van der Waals surface area (Å²) in [7, 11) is 4.08. The maximum absolute atomic E-state index is 13.5. The highest BCUT2D eigenvalue weighted by Crippen LogP contribution is 2.43. The van der Waals surface area contributed by atoms with Crippen molar-refractivity contribution in [2.24, 2.45) is 5.92 Å². The van der Waals surface area contributed by atoms with Crippen LogP contribution < -0.4 is 10.2 Å². The monoisotopic (exact) mass is 408 g/mol. The lowest BCUT2D eigenvalue weighted by Crippen LogP contribution is -3.06. The van der Waals surface area contributed by atoms with Crippen LogP contribution in [0.4, 0.5) is 0 Å². The van der Waals surface area contributed by atoms with Crippen molar-refractivity contribution >= 4 is 23.4 Å².